The molecule has 0 N–H and O–H groups in total. The van der Waals surface area contributed by atoms with Crippen molar-refractivity contribution in [3.8, 4) is 45.5 Å². The lowest BCUT2D eigenvalue weighted by Crippen LogP contribution is -2.33. The minimum Gasteiger partial charge on any atom is -0.307 e. The number of benzene rings is 9. The van der Waals surface area contributed by atoms with Crippen LogP contribution in [0.5, 0.6) is 0 Å². The van der Waals surface area contributed by atoms with Gasteiger partial charge < -0.3 is 4.57 Å². The number of aromatic nitrogens is 5. The van der Waals surface area contributed by atoms with Crippen molar-refractivity contribution in [2.45, 2.75) is 51.4 Å². The first-order valence-corrected chi connectivity index (χ1v) is 23.2. The lowest BCUT2D eigenvalue weighted by molar-refractivity contribution is 0.332. The Morgan fingerprint density at radius 3 is 1.67 bits per heavy atom. The second kappa shape index (κ2) is 14.3. The van der Waals surface area contributed by atoms with E-state index >= 15 is 0 Å². The van der Waals surface area contributed by atoms with Gasteiger partial charge in [-0.25, -0.2) is 4.98 Å². The van der Waals surface area contributed by atoms with Gasteiger partial charge in [0.15, 0.2) is 11.6 Å². The summed E-state index contributed by atoms with van der Waals surface area (Å²) in [4.78, 5) is 16.5. The zero-order valence-electron chi connectivity index (χ0n) is 37.5. The molecule has 0 unspecified atom stereocenters. The monoisotopic (exact) mass is 849 g/mol. The standard InChI is InChI=1S/C61H47N5/c1-60(2)32-33-61(3,4)50-37-52-48(36-49(50)60)54-46-27-14-13-26-45(46)53-47-28-15-16-29-51(47)65(44-24-9-6-10-25-44)55(53)56(54)66(52)59-63-57(39-19-7-5-8-20-39)62-58(64-59)43-23-17-22-41(35-43)42-31-30-38-18-11-12-21-40(38)34-42/h5-31,34-37H,32-33H2,1-4H3. The topological polar surface area (TPSA) is 48.5 Å². The summed E-state index contributed by atoms with van der Waals surface area (Å²) < 4.78 is 4.86. The van der Waals surface area contributed by atoms with E-state index in [0.29, 0.717) is 17.6 Å². The predicted octanol–water partition coefficient (Wildman–Crippen LogP) is 15.7. The third-order valence-electron chi connectivity index (χ3n) is 14.6. The molecule has 0 saturated heterocycles. The molecule has 3 heterocycles. The van der Waals surface area contributed by atoms with Crippen LogP contribution in [0.3, 0.4) is 0 Å². The van der Waals surface area contributed by atoms with Gasteiger partial charge in [0.05, 0.1) is 22.1 Å². The van der Waals surface area contributed by atoms with E-state index in [1.165, 1.54) is 54.2 Å². The van der Waals surface area contributed by atoms with Crippen molar-refractivity contribution in [3.63, 3.8) is 0 Å². The largest absolute Gasteiger partial charge is 0.307 e. The Hall–Kier alpha value is -7.89. The molecule has 66 heavy (non-hydrogen) atoms. The molecular weight excluding hydrogens is 803 g/mol. The van der Waals surface area contributed by atoms with Crippen molar-refractivity contribution >= 4 is 65.2 Å². The molecule has 0 amide bonds. The first kappa shape index (κ1) is 38.6. The van der Waals surface area contributed by atoms with E-state index in [-0.39, 0.29) is 10.8 Å². The van der Waals surface area contributed by atoms with E-state index in [1.54, 1.807) is 0 Å². The summed E-state index contributed by atoms with van der Waals surface area (Å²) in [5, 5.41) is 9.71. The minimum absolute atomic E-state index is 0.00316. The van der Waals surface area contributed by atoms with E-state index in [2.05, 4.69) is 219 Å². The van der Waals surface area contributed by atoms with Gasteiger partial charge in [0.1, 0.15) is 0 Å². The Morgan fingerprint density at radius 1 is 0.379 bits per heavy atom. The lowest BCUT2D eigenvalue weighted by Gasteiger charge is -2.42. The summed E-state index contributed by atoms with van der Waals surface area (Å²) in [6.45, 7) is 9.67. The summed E-state index contributed by atoms with van der Waals surface area (Å²) in [6, 6.07) is 67.9. The van der Waals surface area contributed by atoms with Crippen LogP contribution in [-0.2, 0) is 10.8 Å². The van der Waals surface area contributed by atoms with Gasteiger partial charge in [-0.05, 0) is 110 Å². The Morgan fingerprint density at radius 2 is 0.924 bits per heavy atom. The molecule has 0 atom stereocenters. The van der Waals surface area contributed by atoms with E-state index in [9.17, 15) is 0 Å². The maximum atomic E-state index is 5.61. The molecule has 3 aromatic heterocycles. The highest BCUT2D eigenvalue weighted by atomic mass is 15.2. The zero-order chi connectivity index (χ0) is 44.3. The van der Waals surface area contributed by atoms with Crippen LogP contribution in [0, 0.1) is 0 Å². The molecule has 5 heteroatoms. The summed E-state index contributed by atoms with van der Waals surface area (Å²) in [6.07, 6.45) is 2.23. The summed E-state index contributed by atoms with van der Waals surface area (Å²) >= 11 is 0. The number of hydrogen-bond donors (Lipinski definition) is 0. The average Bonchev–Trinajstić information content (AvgIpc) is 3.89. The quantitative estimate of drug-likeness (QED) is 0.173. The second-order valence-corrected chi connectivity index (χ2v) is 19.5. The van der Waals surface area contributed by atoms with Crippen LogP contribution in [0.15, 0.2) is 188 Å². The Kier molecular flexibility index (Phi) is 8.36. The van der Waals surface area contributed by atoms with Gasteiger partial charge in [0, 0.05) is 38.4 Å². The lowest BCUT2D eigenvalue weighted by atomic mass is 9.63. The molecule has 0 saturated carbocycles. The Labute approximate surface area is 383 Å². The molecule has 0 radical (unpaired) electrons. The molecule has 13 rings (SSSR count). The predicted molar refractivity (Wildman–Crippen MR) is 275 cm³/mol. The normalized spacial score (nSPS) is 14.5. The van der Waals surface area contributed by atoms with E-state index in [0.717, 1.165) is 62.8 Å². The van der Waals surface area contributed by atoms with E-state index < -0.39 is 0 Å². The second-order valence-electron chi connectivity index (χ2n) is 19.5. The molecule has 0 aliphatic heterocycles. The van der Waals surface area contributed by atoms with Gasteiger partial charge in [-0.1, -0.05) is 173 Å². The van der Waals surface area contributed by atoms with Crippen molar-refractivity contribution in [3.05, 3.63) is 199 Å². The SMILES string of the molecule is CC1(C)CCC(C)(C)c2cc3c(cc21)c1c2ccccc2c2c4ccccc4n(-c4ccccc4)c2c1n3-c1nc(-c2ccccc2)nc(-c2cccc(-c3ccc4ccccc4c3)c2)n1. The molecule has 0 spiro atoms. The maximum absolute atomic E-state index is 5.61. The van der Waals surface area contributed by atoms with Crippen molar-refractivity contribution in [2.75, 3.05) is 0 Å². The number of fused-ring (bicyclic) bond motifs is 12. The fraction of sp³-hybridized carbons (Fsp3) is 0.131. The molecule has 0 bridgehead atoms. The van der Waals surface area contributed by atoms with Crippen LogP contribution in [0.2, 0.25) is 0 Å². The molecular formula is C61H47N5. The van der Waals surface area contributed by atoms with Crippen molar-refractivity contribution in [2.24, 2.45) is 0 Å². The minimum atomic E-state index is -0.0285. The molecule has 1 aliphatic carbocycles. The zero-order valence-corrected chi connectivity index (χ0v) is 37.5. The highest BCUT2D eigenvalue weighted by molar-refractivity contribution is 6.36. The van der Waals surface area contributed by atoms with Gasteiger partial charge in [0.2, 0.25) is 5.95 Å². The highest BCUT2D eigenvalue weighted by Gasteiger charge is 2.38. The molecule has 1 aliphatic rings. The van der Waals surface area contributed by atoms with E-state index in [4.69, 9.17) is 15.0 Å². The number of rotatable bonds is 5. The first-order valence-electron chi connectivity index (χ1n) is 23.2. The number of nitrogens with zero attached hydrogens (tertiary/aromatic N) is 5. The Bertz CT molecular complexity index is 3930. The fourth-order valence-corrected chi connectivity index (χ4v) is 11.1. The van der Waals surface area contributed by atoms with Crippen molar-refractivity contribution in [1.82, 2.24) is 24.1 Å². The molecule has 9 aromatic carbocycles. The molecule has 12 aromatic rings. The van der Waals surface area contributed by atoms with Crippen LogP contribution in [0.1, 0.15) is 51.7 Å². The maximum Gasteiger partial charge on any atom is 0.238 e. The summed E-state index contributed by atoms with van der Waals surface area (Å²) in [7, 11) is 0. The third kappa shape index (κ3) is 5.82. The third-order valence-corrected chi connectivity index (χ3v) is 14.6. The van der Waals surface area contributed by atoms with Crippen LogP contribution < -0.4 is 0 Å². The van der Waals surface area contributed by atoms with Crippen molar-refractivity contribution in [1.29, 1.82) is 0 Å². The Balaban J connectivity index is 1.21. The van der Waals surface area contributed by atoms with Crippen molar-refractivity contribution < 1.29 is 0 Å². The number of hydrogen-bond acceptors (Lipinski definition) is 3. The number of para-hydroxylation sites is 2. The summed E-state index contributed by atoms with van der Waals surface area (Å²) in [5.41, 5.74) is 12.5. The summed E-state index contributed by atoms with van der Waals surface area (Å²) in [5.74, 6) is 1.84. The van der Waals surface area contributed by atoms with Crippen LogP contribution in [-0.4, -0.2) is 24.1 Å². The van der Waals surface area contributed by atoms with Crippen LogP contribution >= 0.6 is 0 Å². The van der Waals surface area contributed by atoms with E-state index in [1.807, 2.05) is 6.07 Å². The van der Waals surface area contributed by atoms with Gasteiger partial charge in [-0.15, -0.1) is 0 Å². The van der Waals surface area contributed by atoms with Crippen LogP contribution in [0.25, 0.3) is 111 Å². The fourth-order valence-electron chi connectivity index (χ4n) is 11.1. The highest BCUT2D eigenvalue weighted by Crippen LogP contribution is 2.51. The van der Waals surface area contributed by atoms with Gasteiger partial charge in [0.25, 0.3) is 0 Å². The molecule has 5 nitrogen and oxygen atoms in total. The average molecular weight is 850 g/mol. The first-order chi connectivity index (χ1) is 32.2. The van der Waals surface area contributed by atoms with Gasteiger partial charge >= 0.3 is 0 Å². The smallest absolute Gasteiger partial charge is 0.238 e. The molecule has 316 valence electrons. The molecule has 0 fully saturated rings. The van der Waals surface area contributed by atoms with Gasteiger partial charge in [-0.2, -0.15) is 9.97 Å². The van der Waals surface area contributed by atoms with Crippen LogP contribution in [0.4, 0.5) is 0 Å². The van der Waals surface area contributed by atoms with Gasteiger partial charge in [-0.3, -0.25) is 4.57 Å².